The molecule has 3 rings (SSSR count). The van der Waals surface area contributed by atoms with Gasteiger partial charge in [-0.1, -0.05) is 18.2 Å². The number of hydrogen-bond acceptors (Lipinski definition) is 5. The molecule has 1 aromatic heterocycles. The summed E-state index contributed by atoms with van der Waals surface area (Å²) in [5, 5.41) is 3.82. The molecule has 0 aliphatic rings. The van der Waals surface area contributed by atoms with Crippen molar-refractivity contribution in [3.63, 3.8) is 0 Å². The van der Waals surface area contributed by atoms with E-state index in [1.54, 1.807) is 30.3 Å². The highest BCUT2D eigenvalue weighted by Crippen LogP contribution is 2.16. The third-order valence-corrected chi connectivity index (χ3v) is 4.97. The second-order valence-electron chi connectivity index (χ2n) is 5.64. The molecule has 1 heterocycles. The van der Waals surface area contributed by atoms with E-state index >= 15 is 0 Å². The minimum Gasteiger partial charge on any atom is -0.460 e. The van der Waals surface area contributed by atoms with Crippen LogP contribution in [0.4, 0.5) is 5.69 Å². The van der Waals surface area contributed by atoms with Crippen LogP contribution in [0.25, 0.3) is 0 Å². The molecule has 7 nitrogen and oxygen atoms in total. The van der Waals surface area contributed by atoms with E-state index in [4.69, 9.17) is 4.42 Å². The van der Waals surface area contributed by atoms with E-state index in [-0.39, 0.29) is 4.90 Å². The van der Waals surface area contributed by atoms with Gasteiger partial charge in [0.15, 0.2) is 0 Å². The van der Waals surface area contributed by atoms with Gasteiger partial charge in [-0.15, -0.1) is 0 Å². The summed E-state index contributed by atoms with van der Waals surface area (Å²) >= 11 is 0. The Hall–Kier alpha value is -3.39. The van der Waals surface area contributed by atoms with Crippen molar-refractivity contribution in [1.29, 1.82) is 0 Å². The number of hydrazone groups is 1. The van der Waals surface area contributed by atoms with Crippen molar-refractivity contribution in [3.8, 4) is 0 Å². The molecule has 0 radical (unpaired) electrons. The number of nitrogens with one attached hydrogen (secondary N) is 2. The zero-order valence-corrected chi connectivity index (χ0v) is 15.2. The molecule has 0 aliphatic heterocycles. The van der Waals surface area contributed by atoms with Gasteiger partial charge in [0.25, 0.3) is 15.9 Å². The Morgan fingerprint density at radius 3 is 2.33 bits per heavy atom. The Morgan fingerprint density at radius 1 is 1.00 bits per heavy atom. The van der Waals surface area contributed by atoms with Gasteiger partial charge in [0, 0.05) is 11.3 Å². The van der Waals surface area contributed by atoms with Crippen LogP contribution in [0.5, 0.6) is 0 Å². The fourth-order valence-corrected chi connectivity index (χ4v) is 3.32. The molecule has 3 aromatic rings. The fourth-order valence-electron chi connectivity index (χ4n) is 2.25. The van der Waals surface area contributed by atoms with E-state index in [0.717, 1.165) is 5.76 Å². The minimum absolute atomic E-state index is 0.161. The zero-order chi connectivity index (χ0) is 19.3. The maximum atomic E-state index is 12.3. The van der Waals surface area contributed by atoms with E-state index in [2.05, 4.69) is 15.2 Å². The van der Waals surface area contributed by atoms with Crippen molar-refractivity contribution in [3.05, 3.63) is 83.8 Å². The fraction of sp³-hybridized carbons (Fsp3) is 0.0526. The molecule has 2 N–H and O–H groups in total. The Morgan fingerprint density at radius 2 is 1.70 bits per heavy atom. The molecular weight excluding hydrogens is 366 g/mol. The lowest BCUT2D eigenvalue weighted by Gasteiger charge is -2.08. The van der Waals surface area contributed by atoms with Crippen LogP contribution in [0.2, 0.25) is 0 Å². The van der Waals surface area contributed by atoms with Gasteiger partial charge < -0.3 is 4.42 Å². The zero-order valence-electron chi connectivity index (χ0n) is 14.4. The first-order valence-electron chi connectivity index (χ1n) is 8.02. The Kier molecular flexibility index (Phi) is 5.37. The molecule has 0 aliphatic carbocycles. The highest BCUT2D eigenvalue weighted by Gasteiger charge is 2.13. The summed E-state index contributed by atoms with van der Waals surface area (Å²) in [6.07, 6.45) is 1.40. The highest BCUT2D eigenvalue weighted by molar-refractivity contribution is 7.92. The number of sulfonamides is 1. The summed E-state index contributed by atoms with van der Waals surface area (Å²) in [5.74, 6) is 0.849. The first-order valence-corrected chi connectivity index (χ1v) is 9.50. The number of rotatable bonds is 6. The standard InChI is InChI=1S/C19H17N3O4S/c1-14-7-12-17(26-14)13-20-21-19(23)15-8-10-16(11-9-15)22-27(24,25)18-5-3-2-4-6-18/h2-13,22H,1H3,(H,21,23)/b20-13-. The van der Waals surface area contributed by atoms with Gasteiger partial charge in [-0.2, -0.15) is 5.10 Å². The molecule has 0 spiro atoms. The van der Waals surface area contributed by atoms with Crippen LogP contribution in [-0.2, 0) is 10.0 Å². The van der Waals surface area contributed by atoms with Crippen molar-refractivity contribution < 1.29 is 17.6 Å². The molecule has 8 heteroatoms. The largest absolute Gasteiger partial charge is 0.460 e. The summed E-state index contributed by atoms with van der Waals surface area (Å²) in [7, 11) is -3.67. The highest BCUT2D eigenvalue weighted by atomic mass is 32.2. The lowest BCUT2D eigenvalue weighted by Crippen LogP contribution is -2.18. The third kappa shape index (κ3) is 4.83. The second kappa shape index (κ2) is 7.88. The predicted octanol–water partition coefficient (Wildman–Crippen LogP) is 3.15. The monoisotopic (exact) mass is 383 g/mol. The van der Waals surface area contributed by atoms with Crippen LogP contribution in [0.15, 0.2) is 81.1 Å². The summed E-state index contributed by atoms with van der Waals surface area (Å²) in [4.78, 5) is 12.2. The summed E-state index contributed by atoms with van der Waals surface area (Å²) in [6, 6.07) is 17.6. The molecule has 27 heavy (non-hydrogen) atoms. The Labute approximate surface area is 156 Å². The Balaban J connectivity index is 1.63. The van der Waals surface area contributed by atoms with Crippen LogP contribution < -0.4 is 10.1 Å². The number of carbonyl (C=O) groups excluding carboxylic acids is 1. The molecule has 0 unspecified atom stereocenters. The number of carbonyl (C=O) groups is 1. The number of hydrogen-bond donors (Lipinski definition) is 2. The van der Waals surface area contributed by atoms with Gasteiger partial charge in [0.05, 0.1) is 11.1 Å². The summed E-state index contributed by atoms with van der Waals surface area (Å²) in [5.41, 5.74) is 3.07. The minimum atomic E-state index is -3.67. The van der Waals surface area contributed by atoms with Gasteiger partial charge in [0.1, 0.15) is 11.5 Å². The quantitative estimate of drug-likeness (QED) is 0.504. The molecule has 1 amide bonds. The van der Waals surface area contributed by atoms with Gasteiger partial charge in [-0.25, -0.2) is 13.8 Å². The van der Waals surface area contributed by atoms with Crippen molar-refractivity contribution in [1.82, 2.24) is 5.43 Å². The topological polar surface area (TPSA) is 101 Å². The van der Waals surface area contributed by atoms with Gasteiger partial charge in [-0.3, -0.25) is 9.52 Å². The van der Waals surface area contributed by atoms with Crippen molar-refractivity contribution in [2.75, 3.05) is 4.72 Å². The average Bonchev–Trinajstić information content (AvgIpc) is 3.08. The molecule has 0 saturated heterocycles. The summed E-state index contributed by atoms with van der Waals surface area (Å²) in [6.45, 7) is 1.81. The molecule has 0 saturated carbocycles. The Bertz CT molecular complexity index is 1060. The average molecular weight is 383 g/mol. The second-order valence-corrected chi connectivity index (χ2v) is 7.33. The smallest absolute Gasteiger partial charge is 0.271 e. The van der Waals surface area contributed by atoms with E-state index in [1.165, 1.54) is 42.6 Å². The van der Waals surface area contributed by atoms with E-state index in [0.29, 0.717) is 17.0 Å². The number of anilines is 1. The number of amides is 1. The molecular formula is C19H17N3O4S. The van der Waals surface area contributed by atoms with Crippen molar-refractivity contribution >= 4 is 27.8 Å². The number of aryl methyl sites for hydroxylation is 1. The first kappa shape index (κ1) is 18.4. The normalized spacial score (nSPS) is 11.4. The lowest BCUT2D eigenvalue weighted by atomic mass is 10.2. The lowest BCUT2D eigenvalue weighted by molar-refractivity contribution is 0.0955. The SMILES string of the molecule is Cc1ccc(/C=N\NC(=O)c2ccc(NS(=O)(=O)c3ccccc3)cc2)o1. The van der Waals surface area contributed by atoms with Crippen LogP contribution in [0.3, 0.4) is 0 Å². The first-order chi connectivity index (χ1) is 12.9. The van der Waals surface area contributed by atoms with Crippen LogP contribution in [-0.4, -0.2) is 20.5 Å². The number of furan rings is 1. The maximum Gasteiger partial charge on any atom is 0.271 e. The van der Waals surface area contributed by atoms with Gasteiger partial charge in [0.2, 0.25) is 0 Å². The van der Waals surface area contributed by atoms with E-state index in [1.807, 2.05) is 6.92 Å². The molecule has 0 atom stereocenters. The maximum absolute atomic E-state index is 12.3. The third-order valence-electron chi connectivity index (χ3n) is 3.57. The van der Waals surface area contributed by atoms with Crippen LogP contribution >= 0.6 is 0 Å². The van der Waals surface area contributed by atoms with E-state index in [9.17, 15) is 13.2 Å². The molecule has 2 aromatic carbocycles. The summed E-state index contributed by atoms with van der Waals surface area (Å²) < 4.78 is 32.3. The van der Waals surface area contributed by atoms with Gasteiger partial charge >= 0.3 is 0 Å². The van der Waals surface area contributed by atoms with E-state index < -0.39 is 15.9 Å². The van der Waals surface area contributed by atoms with Crippen molar-refractivity contribution in [2.24, 2.45) is 5.10 Å². The molecule has 138 valence electrons. The number of benzene rings is 2. The van der Waals surface area contributed by atoms with Gasteiger partial charge in [-0.05, 0) is 55.5 Å². The molecule has 0 bridgehead atoms. The van der Waals surface area contributed by atoms with Crippen LogP contribution in [0, 0.1) is 6.92 Å². The predicted molar refractivity (Wildman–Crippen MR) is 102 cm³/mol. The van der Waals surface area contributed by atoms with Crippen LogP contribution in [0.1, 0.15) is 21.9 Å². The number of nitrogens with zero attached hydrogens (tertiary/aromatic N) is 1. The molecule has 0 fully saturated rings. The van der Waals surface area contributed by atoms with Crippen molar-refractivity contribution in [2.45, 2.75) is 11.8 Å².